The van der Waals surface area contributed by atoms with Crippen molar-refractivity contribution in [3.8, 4) is 0 Å². The molecule has 1 aromatic heterocycles. The molecule has 0 spiro atoms. The van der Waals surface area contributed by atoms with Crippen molar-refractivity contribution < 1.29 is 0 Å². The minimum absolute atomic E-state index is 0. The number of hydrogen-bond acceptors (Lipinski definition) is 6. The van der Waals surface area contributed by atoms with Gasteiger partial charge in [-0.25, -0.2) is 9.97 Å². The van der Waals surface area contributed by atoms with Gasteiger partial charge >= 0.3 is 0 Å². The number of fused-ring (bicyclic) bond motifs is 1. The van der Waals surface area contributed by atoms with Crippen LogP contribution < -0.4 is 10.6 Å². The van der Waals surface area contributed by atoms with Gasteiger partial charge in [-0.2, -0.15) is 0 Å². The van der Waals surface area contributed by atoms with Gasteiger partial charge in [0.15, 0.2) is 0 Å². The summed E-state index contributed by atoms with van der Waals surface area (Å²) in [5.74, 6) is 1.08. The van der Waals surface area contributed by atoms with Crippen LogP contribution in [0.25, 0.3) is 0 Å². The van der Waals surface area contributed by atoms with Gasteiger partial charge in [-0.15, -0.1) is 24.8 Å². The van der Waals surface area contributed by atoms with E-state index in [9.17, 15) is 0 Å². The van der Waals surface area contributed by atoms with E-state index in [1.165, 1.54) is 63.1 Å². The summed E-state index contributed by atoms with van der Waals surface area (Å²) in [5, 5.41) is 7.23. The monoisotopic (exact) mass is 416 g/mol. The van der Waals surface area contributed by atoms with Crippen LogP contribution in [-0.4, -0.2) is 78.2 Å². The molecule has 27 heavy (non-hydrogen) atoms. The number of nitrogens with zero attached hydrogens (tertiary/aromatic N) is 4. The fourth-order valence-corrected chi connectivity index (χ4v) is 4.79. The zero-order valence-corrected chi connectivity index (χ0v) is 18.0. The third kappa shape index (κ3) is 5.04. The molecule has 0 bridgehead atoms. The third-order valence-corrected chi connectivity index (χ3v) is 6.42. The average molecular weight is 417 g/mol. The first-order chi connectivity index (χ1) is 12.3. The number of aromatic nitrogens is 2. The van der Waals surface area contributed by atoms with Crippen molar-refractivity contribution >= 4 is 30.6 Å². The first kappa shape index (κ1) is 22.6. The van der Waals surface area contributed by atoms with E-state index in [-0.39, 0.29) is 24.8 Å². The van der Waals surface area contributed by atoms with E-state index in [0.717, 1.165) is 38.3 Å². The van der Waals surface area contributed by atoms with E-state index >= 15 is 0 Å². The summed E-state index contributed by atoms with van der Waals surface area (Å²) < 4.78 is 0. The van der Waals surface area contributed by atoms with Gasteiger partial charge < -0.3 is 15.5 Å². The highest BCUT2D eigenvalue weighted by molar-refractivity contribution is 5.85. The molecule has 1 saturated carbocycles. The first-order valence-corrected chi connectivity index (χ1v) is 9.98. The van der Waals surface area contributed by atoms with Crippen molar-refractivity contribution in [2.75, 3.05) is 58.2 Å². The molecule has 4 rings (SSSR count). The quantitative estimate of drug-likeness (QED) is 0.782. The SMILES string of the molecule is CN1CCN(C2(CNc3ncnc4c3CCNCC4)CCCC2)CC1.Cl.Cl. The Morgan fingerprint density at radius 3 is 2.48 bits per heavy atom. The Bertz CT molecular complexity index is 586. The van der Waals surface area contributed by atoms with Crippen LogP contribution >= 0.6 is 24.8 Å². The van der Waals surface area contributed by atoms with Gasteiger partial charge in [0, 0.05) is 56.8 Å². The molecule has 0 radical (unpaired) electrons. The maximum Gasteiger partial charge on any atom is 0.132 e. The van der Waals surface area contributed by atoms with Crippen LogP contribution in [0.5, 0.6) is 0 Å². The smallest absolute Gasteiger partial charge is 0.132 e. The van der Waals surface area contributed by atoms with Gasteiger partial charge in [-0.3, -0.25) is 4.90 Å². The molecule has 2 N–H and O–H groups in total. The Balaban J connectivity index is 0.00000131. The lowest BCUT2D eigenvalue weighted by Crippen LogP contribution is -2.58. The maximum absolute atomic E-state index is 4.61. The number of anilines is 1. The molecule has 8 heteroatoms. The van der Waals surface area contributed by atoms with E-state index in [2.05, 4.69) is 37.4 Å². The summed E-state index contributed by atoms with van der Waals surface area (Å²) in [6.07, 6.45) is 9.14. The zero-order valence-electron chi connectivity index (χ0n) is 16.4. The van der Waals surface area contributed by atoms with Gasteiger partial charge in [0.1, 0.15) is 12.1 Å². The second-order valence-corrected chi connectivity index (χ2v) is 7.97. The molecule has 1 aliphatic carbocycles. The molecule has 1 saturated heterocycles. The fourth-order valence-electron chi connectivity index (χ4n) is 4.79. The Morgan fingerprint density at radius 1 is 1.04 bits per heavy atom. The Morgan fingerprint density at radius 2 is 1.74 bits per heavy atom. The maximum atomic E-state index is 4.61. The van der Waals surface area contributed by atoms with Crippen molar-refractivity contribution in [2.45, 2.75) is 44.1 Å². The summed E-state index contributed by atoms with van der Waals surface area (Å²) in [5.41, 5.74) is 2.88. The summed E-state index contributed by atoms with van der Waals surface area (Å²) in [7, 11) is 2.24. The van der Waals surface area contributed by atoms with Gasteiger partial charge in [0.05, 0.1) is 5.69 Å². The average Bonchev–Trinajstić information content (AvgIpc) is 2.98. The summed E-state index contributed by atoms with van der Waals surface area (Å²) >= 11 is 0. The van der Waals surface area contributed by atoms with Crippen molar-refractivity contribution in [3.63, 3.8) is 0 Å². The van der Waals surface area contributed by atoms with Gasteiger partial charge in [0.2, 0.25) is 0 Å². The molecule has 2 aliphatic heterocycles. The molecule has 3 aliphatic rings. The summed E-state index contributed by atoms with van der Waals surface area (Å²) in [6, 6.07) is 0. The van der Waals surface area contributed by atoms with E-state index in [1.807, 2.05) is 0 Å². The minimum atomic E-state index is 0. The Labute approximate surface area is 175 Å². The number of piperazine rings is 1. The normalized spacial score (nSPS) is 22.9. The molecule has 2 fully saturated rings. The highest BCUT2D eigenvalue weighted by Gasteiger charge is 2.40. The third-order valence-electron chi connectivity index (χ3n) is 6.42. The minimum Gasteiger partial charge on any atom is -0.368 e. The second-order valence-electron chi connectivity index (χ2n) is 7.97. The molecule has 1 aromatic rings. The van der Waals surface area contributed by atoms with Gasteiger partial charge in [-0.1, -0.05) is 12.8 Å². The number of hydrogen-bond donors (Lipinski definition) is 2. The summed E-state index contributed by atoms with van der Waals surface area (Å²) in [6.45, 7) is 7.85. The van der Waals surface area contributed by atoms with Crippen molar-refractivity contribution in [1.29, 1.82) is 0 Å². The van der Waals surface area contributed by atoms with Crippen LogP contribution in [0.3, 0.4) is 0 Å². The van der Waals surface area contributed by atoms with Crippen molar-refractivity contribution in [3.05, 3.63) is 17.6 Å². The molecule has 0 aromatic carbocycles. The topological polar surface area (TPSA) is 56.3 Å². The molecular formula is C19H34Cl2N6. The standard InChI is InChI=1S/C19H32N6.2ClH/c1-24-10-12-25(13-11-24)19(6-2-3-7-19)14-21-18-16-4-8-20-9-5-17(16)22-15-23-18;;/h15,20H,2-14H2,1H3,(H,21,22,23);2*1H. The highest BCUT2D eigenvalue weighted by atomic mass is 35.5. The molecular weight excluding hydrogens is 383 g/mol. The lowest BCUT2D eigenvalue weighted by atomic mass is 9.93. The van der Waals surface area contributed by atoms with Gasteiger partial charge in [0.25, 0.3) is 0 Å². The van der Waals surface area contributed by atoms with Crippen LogP contribution in [0.1, 0.15) is 36.9 Å². The lowest BCUT2D eigenvalue weighted by molar-refractivity contribution is 0.0510. The molecule has 0 unspecified atom stereocenters. The molecule has 0 amide bonds. The number of rotatable bonds is 4. The van der Waals surface area contributed by atoms with Crippen LogP contribution in [-0.2, 0) is 12.8 Å². The van der Waals surface area contributed by atoms with E-state index < -0.39 is 0 Å². The zero-order chi connectivity index (χ0) is 17.1. The fraction of sp³-hybridized carbons (Fsp3) is 0.789. The molecule has 0 atom stereocenters. The number of halogens is 2. The Hall–Kier alpha value is -0.660. The number of nitrogens with one attached hydrogen (secondary N) is 2. The molecule has 154 valence electrons. The van der Waals surface area contributed by atoms with E-state index in [4.69, 9.17) is 0 Å². The van der Waals surface area contributed by atoms with Crippen molar-refractivity contribution in [2.24, 2.45) is 0 Å². The highest BCUT2D eigenvalue weighted by Crippen LogP contribution is 2.36. The van der Waals surface area contributed by atoms with Crippen LogP contribution in [0, 0.1) is 0 Å². The van der Waals surface area contributed by atoms with E-state index in [1.54, 1.807) is 6.33 Å². The largest absolute Gasteiger partial charge is 0.368 e. The van der Waals surface area contributed by atoms with Crippen LogP contribution in [0.15, 0.2) is 6.33 Å². The Kier molecular flexibility index (Phi) is 8.56. The van der Waals surface area contributed by atoms with Gasteiger partial charge in [-0.05, 0) is 32.9 Å². The van der Waals surface area contributed by atoms with Crippen LogP contribution in [0.2, 0.25) is 0 Å². The first-order valence-electron chi connectivity index (χ1n) is 9.98. The van der Waals surface area contributed by atoms with E-state index in [0.29, 0.717) is 5.54 Å². The predicted octanol–water partition coefficient (Wildman–Crippen LogP) is 1.98. The van der Waals surface area contributed by atoms with Crippen LogP contribution in [0.4, 0.5) is 5.82 Å². The molecule has 6 nitrogen and oxygen atoms in total. The lowest BCUT2D eigenvalue weighted by Gasteiger charge is -2.45. The predicted molar refractivity (Wildman–Crippen MR) is 116 cm³/mol. The summed E-state index contributed by atoms with van der Waals surface area (Å²) in [4.78, 5) is 14.3. The second kappa shape index (κ2) is 10.2. The number of likely N-dealkylation sites (N-methyl/N-ethyl adjacent to an activating group) is 1. The van der Waals surface area contributed by atoms with Crippen molar-refractivity contribution in [1.82, 2.24) is 25.1 Å². The molecule has 3 heterocycles.